The second kappa shape index (κ2) is 6.65. The number of carbonyl (C=O) groups excluding carboxylic acids is 1. The number of rotatable bonds is 4. The van der Waals surface area contributed by atoms with E-state index in [4.69, 9.17) is 4.74 Å². The van der Waals surface area contributed by atoms with Gasteiger partial charge in [0.15, 0.2) is 0 Å². The van der Waals surface area contributed by atoms with Gasteiger partial charge >= 0.3 is 12.2 Å². The molecule has 0 radical (unpaired) electrons. The lowest BCUT2D eigenvalue weighted by molar-refractivity contribution is -0.122. The average Bonchev–Trinajstić information content (AvgIpc) is 2.27. The SMILES string of the molecule is O=C(NCCN1CCOCC1)NCC(F)(F)F. The van der Waals surface area contributed by atoms with Gasteiger partial charge in [0, 0.05) is 26.2 Å². The van der Waals surface area contributed by atoms with Gasteiger partial charge in [-0.25, -0.2) is 4.79 Å². The molecule has 8 heteroatoms. The normalized spacial score (nSPS) is 17.8. The fourth-order valence-corrected chi connectivity index (χ4v) is 1.40. The Bertz CT molecular complexity index is 242. The molecular formula is C9H16F3N3O2. The monoisotopic (exact) mass is 255 g/mol. The molecule has 0 spiro atoms. The molecule has 1 aliphatic heterocycles. The molecule has 0 saturated carbocycles. The molecule has 1 fully saturated rings. The van der Waals surface area contributed by atoms with E-state index in [1.54, 1.807) is 5.32 Å². The Morgan fingerprint density at radius 1 is 1.24 bits per heavy atom. The zero-order valence-corrected chi connectivity index (χ0v) is 9.35. The van der Waals surface area contributed by atoms with Crippen molar-refractivity contribution in [1.82, 2.24) is 15.5 Å². The van der Waals surface area contributed by atoms with Gasteiger partial charge in [0.1, 0.15) is 6.54 Å². The number of halogens is 3. The third kappa shape index (κ3) is 7.01. The molecule has 0 bridgehead atoms. The van der Waals surface area contributed by atoms with Gasteiger partial charge in [-0.15, -0.1) is 0 Å². The van der Waals surface area contributed by atoms with Crippen molar-refractivity contribution < 1.29 is 22.7 Å². The molecule has 0 aromatic heterocycles. The molecule has 1 rings (SSSR count). The first-order chi connectivity index (χ1) is 7.97. The van der Waals surface area contributed by atoms with Crippen molar-refractivity contribution in [2.24, 2.45) is 0 Å². The number of nitrogens with zero attached hydrogens (tertiary/aromatic N) is 1. The van der Waals surface area contributed by atoms with Crippen LogP contribution in [-0.4, -0.2) is 63.0 Å². The van der Waals surface area contributed by atoms with Crippen LogP contribution in [0.15, 0.2) is 0 Å². The van der Waals surface area contributed by atoms with Crippen LogP contribution in [0.5, 0.6) is 0 Å². The largest absolute Gasteiger partial charge is 0.405 e. The van der Waals surface area contributed by atoms with Gasteiger partial charge in [-0.05, 0) is 0 Å². The number of hydrogen-bond acceptors (Lipinski definition) is 3. The fourth-order valence-electron chi connectivity index (χ4n) is 1.40. The summed E-state index contributed by atoms with van der Waals surface area (Å²) in [6.07, 6.45) is -4.37. The summed E-state index contributed by atoms with van der Waals surface area (Å²) in [5, 5.41) is 4.11. The third-order valence-electron chi connectivity index (χ3n) is 2.27. The summed E-state index contributed by atoms with van der Waals surface area (Å²) < 4.78 is 40.4. The van der Waals surface area contributed by atoms with Crippen molar-refractivity contribution >= 4 is 6.03 Å². The van der Waals surface area contributed by atoms with Crippen molar-refractivity contribution in [2.45, 2.75) is 6.18 Å². The second-order valence-corrected chi connectivity index (χ2v) is 3.68. The van der Waals surface area contributed by atoms with Crippen LogP contribution in [0.2, 0.25) is 0 Å². The van der Waals surface area contributed by atoms with E-state index >= 15 is 0 Å². The van der Waals surface area contributed by atoms with Gasteiger partial charge < -0.3 is 15.4 Å². The molecule has 1 saturated heterocycles. The standard InChI is InChI=1S/C9H16F3N3O2/c10-9(11,12)7-14-8(16)13-1-2-15-3-5-17-6-4-15/h1-7H2,(H2,13,14,16). The topological polar surface area (TPSA) is 53.6 Å². The number of urea groups is 1. The molecule has 5 nitrogen and oxygen atoms in total. The Balaban J connectivity index is 2.03. The molecule has 0 aliphatic carbocycles. The number of ether oxygens (including phenoxy) is 1. The lowest BCUT2D eigenvalue weighted by atomic mass is 10.4. The van der Waals surface area contributed by atoms with Crippen molar-refractivity contribution in [3.05, 3.63) is 0 Å². The van der Waals surface area contributed by atoms with E-state index in [9.17, 15) is 18.0 Å². The summed E-state index contributed by atoms with van der Waals surface area (Å²) in [6.45, 7) is 2.50. The van der Waals surface area contributed by atoms with E-state index in [1.165, 1.54) is 0 Å². The third-order valence-corrected chi connectivity index (χ3v) is 2.27. The van der Waals surface area contributed by atoms with Crippen molar-refractivity contribution in [3.8, 4) is 0 Å². The number of alkyl halides is 3. The highest BCUT2D eigenvalue weighted by molar-refractivity contribution is 5.73. The first kappa shape index (κ1) is 14.0. The minimum Gasteiger partial charge on any atom is -0.379 e. The van der Waals surface area contributed by atoms with Gasteiger partial charge in [-0.1, -0.05) is 0 Å². The van der Waals surface area contributed by atoms with Crippen molar-refractivity contribution in [3.63, 3.8) is 0 Å². The summed E-state index contributed by atoms with van der Waals surface area (Å²) in [5.41, 5.74) is 0. The van der Waals surface area contributed by atoms with E-state index in [0.717, 1.165) is 13.1 Å². The Hall–Kier alpha value is -1.02. The minimum atomic E-state index is -4.37. The van der Waals surface area contributed by atoms with Crippen molar-refractivity contribution in [2.75, 3.05) is 45.9 Å². The highest BCUT2D eigenvalue weighted by atomic mass is 19.4. The molecule has 2 N–H and O–H groups in total. The van der Waals surface area contributed by atoms with Gasteiger partial charge in [-0.3, -0.25) is 4.90 Å². The number of nitrogens with one attached hydrogen (secondary N) is 2. The molecule has 0 aromatic rings. The van der Waals surface area contributed by atoms with Gasteiger partial charge in [0.25, 0.3) is 0 Å². The summed E-state index contributed by atoms with van der Waals surface area (Å²) >= 11 is 0. The number of morpholine rings is 1. The molecule has 100 valence electrons. The lowest BCUT2D eigenvalue weighted by Gasteiger charge is -2.26. The lowest BCUT2D eigenvalue weighted by Crippen LogP contribution is -2.45. The molecular weight excluding hydrogens is 239 g/mol. The zero-order chi connectivity index (χ0) is 12.7. The first-order valence-corrected chi connectivity index (χ1v) is 5.36. The van der Waals surface area contributed by atoms with E-state index < -0.39 is 18.8 Å². The van der Waals surface area contributed by atoms with E-state index in [-0.39, 0.29) is 0 Å². The van der Waals surface area contributed by atoms with Crippen LogP contribution in [-0.2, 0) is 4.74 Å². The summed E-state index contributed by atoms with van der Waals surface area (Å²) in [6, 6.07) is -0.796. The Labute approximate surface area is 97.3 Å². The Morgan fingerprint density at radius 3 is 2.47 bits per heavy atom. The maximum Gasteiger partial charge on any atom is 0.405 e. The average molecular weight is 255 g/mol. The van der Waals surface area contributed by atoms with Crippen LogP contribution in [0.1, 0.15) is 0 Å². The second-order valence-electron chi connectivity index (χ2n) is 3.68. The van der Waals surface area contributed by atoms with Crippen LogP contribution < -0.4 is 10.6 Å². The molecule has 1 aliphatic rings. The van der Waals surface area contributed by atoms with Gasteiger partial charge in [0.05, 0.1) is 13.2 Å². The molecule has 0 atom stereocenters. The van der Waals surface area contributed by atoms with Crippen LogP contribution in [0.4, 0.5) is 18.0 Å². The fraction of sp³-hybridized carbons (Fsp3) is 0.889. The highest BCUT2D eigenvalue weighted by Crippen LogP contribution is 2.11. The van der Waals surface area contributed by atoms with Gasteiger partial charge in [0.2, 0.25) is 0 Å². The van der Waals surface area contributed by atoms with Crippen LogP contribution in [0.25, 0.3) is 0 Å². The number of amides is 2. The number of hydrogen-bond donors (Lipinski definition) is 2. The molecule has 0 unspecified atom stereocenters. The summed E-state index contributed by atoms with van der Waals surface area (Å²) in [5.74, 6) is 0. The van der Waals surface area contributed by atoms with Gasteiger partial charge in [-0.2, -0.15) is 13.2 Å². The smallest absolute Gasteiger partial charge is 0.379 e. The first-order valence-electron chi connectivity index (χ1n) is 5.36. The van der Waals surface area contributed by atoms with Crippen LogP contribution in [0.3, 0.4) is 0 Å². The summed E-state index contributed by atoms with van der Waals surface area (Å²) in [7, 11) is 0. The zero-order valence-electron chi connectivity index (χ0n) is 9.35. The van der Waals surface area contributed by atoms with Crippen LogP contribution >= 0.6 is 0 Å². The van der Waals surface area contributed by atoms with E-state index in [0.29, 0.717) is 26.3 Å². The Morgan fingerprint density at radius 2 is 1.88 bits per heavy atom. The predicted molar refractivity (Wildman–Crippen MR) is 54.7 cm³/mol. The quantitative estimate of drug-likeness (QED) is 0.753. The molecule has 1 heterocycles. The number of carbonyl (C=O) groups is 1. The van der Waals surface area contributed by atoms with Crippen molar-refractivity contribution in [1.29, 1.82) is 0 Å². The molecule has 2 amide bonds. The predicted octanol–water partition coefficient (Wildman–Crippen LogP) is 0.180. The maximum absolute atomic E-state index is 11.8. The Kier molecular flexibility index (Phi) is 5.49. The molecule has 0 aromatic carbocycles. The van der Waals surface area contributed by atoms with E-state index in [2.05, 4.69) is 10.2 Å². The van der Waals surface area contributed by atoms with E-state index in [1.807, 2.05) is 0 Å². The molecule has 17 heavy (non-hydrogen) atoms. The summed E-state index contributed by atoms with van der Waals surface area (Å²) in [4.78, 5) is 13.0. The minimum absolute atomic E-state index is 0.323. The highest BCUT2D eigenvalue weighted by Gasteiger charge is 2.27. The maximum atomic E-state index is 11.8. The van der Waals surface area contributed by atoms with Crippen LogP contribution in [0, 0.1) is 0 Å².